The van der Waals surface area contributed by atoms with Crippen molar-refractivity contribution < 1.29 is 223 Å². The van der Waals surface area contributed by atoms with Gasteiger partial charge in [0.2, 0.25) is 35.4 Å². The first-order valence-corrected chi connectivity index (χ1v) is 33.5. The van der Waals surface area contributed by atoms with E-state index in [-0.39, 0.29) is 0 Å². The molecule has 0 radical (unpaired) electrons. The predicted octanol–water partition coefficient (Wildman–Crippen LogP) is 5.04. The monoisotopic (exact) mass is 1700 g/mol. The molecular formula is C77H54O45. The first-order chi connectivity index (χ1) is 57.4. The Balaban J connectivity index is 1.09. The van der Waals surface area contributed by atoms with Gasteiger partial charge in [-0.2, -0.15) is 0 Å². The summed E-state index contributed by atoms with van der Waals surface area (Å²) in [6.45, 7) is -1.67. The Morgan fingerprint density at radius 2 is 0.451 bits per heavy atom. The van der Waals surface area contributed by atoms with Crippen molar-refractivity contribution in [3.63, 3.8) is 0 Å². The standard InChI is InChI=1S/C77H54O45/c78-34(23-2-36(80)56(95)37(81)3-23)4-24-1-25(5-35(79)55(24)94)68(104)113-22-54-65(119-73(109)30-14-46(90)61(100)50(18-30)114-69(105)26-6-38(82)57(96)39(83)7-26)66(120-74(110)31-15-47(91)62(101)51(19-31)115-70(106)27-8-40(84)58(97)41(85)9-27)67(121-75(111)32-16-48(92)63(102)52(20-32)116-71(107)28-10-42(86)59(98)43(87)11-28)77(118-54)122-76(112)33-17-49(93)64(103)53(21-33)117-72(108)29-12-44(88)60(99)45(89)13-29/h1-3,5-21,54,65-67,77,79-103H,4,22H2/t54-,65-,66+,67-,77?/m1/s1. The van der Waals surface area contributed by atoms with E-state index in [1.165, 1.54) is 0 Å². The molecule has 1 aliphatic heterocycles. The summed E-state index contributed by atoms with van der Waals surface area (Å²) in [5, 5.41) is 262. The fourth-order valence-electron chi connectivity index (χ4n) is 11.1. The van der Waals surface area contributed by atoms with E-state index in [4.69, 9.17) is 47.4 Å². The second-order valence-electron chi connectivity index (χ2n) is 25.5. The molecule has 0 aromatic heterocycles. The molecular weight excluding hydrogens is 1640 g/mol. The fraction of sp³-hybridized carbons (Fsp3) is 0.0909. The second-order valence-corrected chi connectivity index (χ2v) is 25.5. The van der Waals surface area contributed by atoms with Gasteiger partial charge in [0, 0.05) is 17.5 Å². The highest BCUT2D eigenvalue weighted by molar-refractivity contribution is 6.02. The molecule has 1 heterocycles. The van der Waals surface area contributed by atoms with Crippen LogP contribution in [0.4, 0.5) is 0 Å². The molecule has 10 aromatic carbocycles. The highest BCUT2D eigenvalue weighted by Crippen LogP contribution is 2.47. The van der Waals surface area contributed by atoms with E-state index in [0.717, 1.165) is 0 Å². The van der Waals surface area contributed by atoms with Gasteiger partial charge in [0.1, 0.15) is 12.7 Å². The number of esters is 9. The number of hydrogen-bond donors (Lipinski definition) is 25. The minimum absolute atomic E-state index is 0.305. The molecule has 0 aliphatic carbocycles. The smallest absolute Gasteiger partial charge is 0.343 e. The Morgan fingerprint density at radius 1 is 0.230 bits per heavy atom. The van der Waals surface area contributed by atoms with Crippen LogP contribution in [-0.4, -0.2) is 224 Å². The number of ketones is 1. The lowest BCUT2D eigenvalue weighted by Gasteiger charge is -2.43. The number of phenols is 25. The second kappa shape index (κ2) is 33.5. The third kappa shape index (κ3) is 17.6. The van der Waals surface area contributed by atoms with Gasteiger partial charge in [-0.1, -0.05) is 0 Å². The number of carbonyl (C=O) groups is 10. The predicted molar refractivity (Wildman–Crippen MR) is 386 cm³/mol. The zero-order valence-corrected chi connectivity index (χ0v) is 60.2. The van der Waals surface area contributed by atoms with Gasteiger partial charge in [-0.25, -0.2) is 43.2 Å². The van der Waals surface area contributed by atoms with E-state index in [1.54, 1.807) is 0 Å². The molecule has 10 aromatic rings. The molecule has 25 N–H and O–H groups in total. The Hall–Kier alpha value is -17.9. The maximum atomic E-state index is 15.3. The SMILES string of the molecule is O=C(Cc1cc(C(=O)OC[C@H]2OC(OC(=O)c3cc(O)c(O)c(OC(=O)c4cc(O)c(O)c(O)c4)c3)[C@H](OC(=O)c3cc(O)c(O)c(OC(=O)c4cc(O)c(O)c(O)c4)c3)[C@@H](OC(=O)c3cc(O)c(O)c(OC(=O)c4cc(O)c(O)c(O)c4)c3)[C@@H]2OC(=O)c2cc(O)c(O)c(OC(=O)c3cc(O)c(O)c(O)c3)c2)cc(O)c1O)c1cc(O)c(O)c(O)c1. The van der Waals surface area contributed by atoms with Crippen LogP contribution < -0.4 is 18.9 Å². The van der Waals surface area contributed by atoms with Crippen LogP contribution in [0.25, 0.3) is 0 Å². The van der Waals surface area contributed by atoms with E-state index in [9.17, 15) is 161 Å². The van der Waals surface area contributed by atoms with Crippen LogP contribution in [0.5, 0.6) is 167 Å². The molecule has 0 spiro atoms. The van der Waals surface area contributed by atoms with Gasteiger partial charge in [-0.05, 0) is 121 Å². The number of phenolic OH excluding ortho intramolecular Hbond substituents is 25. The summed E-state index contributed by atoms with van der Waals surface area (Å²) in [7, 11) is 0. The number of ether oxygens (including phenoxy) is 10. The van der Waals surface area contributed by atoms with Crippen molar-refractivity contribution in [2.45, 2.75) is 37.1 Å². The van der Waals surface area contributed by atoms with Crippen LogP contribution in [0.3, 0.4) is 0 Å². The van der Waals surface area contributed by atoms with Gasteiger partial charge >= 0.3 is 53.7 Å². The molecule has 11 rings (SSSR count). The van der Waals surface area contributed by atoms with Crippen molar-refractivity contribution >= 4 is 59.5 Å². The van der Waals surface area contributed by atoms with Crippen LogP contribution in [0, 0.1) is 0 Å². The fourth-order valence-corrected chi connectivity index (χ4v) is 11.1. The largest absolute Gasteiger partial charge is 0.504 e. The zero-order chi connectivity index (χ0) is 89.4. The lowest BCUT2D eigenvalue weighted by atomic mass is 9.97. The number of rotatable bonds is 22. The van der Waals surface area contributed by atoms with Crippen LogP contribution in [-0.2, 0) is 34.8 Å². The van der Waals surface area contributed by atoms with Crippen LogP contribution in [0.2, 0.25) is 0 Å². The summed E-state index contributed by atoms with van der Waals surface area (Å²) < 4.78 is 55.5. The summed E-state index contributed by atoms with van der Waals surface area (Å²) >= 11 is 0. The molecule has 0 bridgehead atoms. The van der Waals surface area contributed by atoms with Gasteiger partial charge in [0.15, 0.2) is 162 Å². The van der Waals surface area contributed by atoms with Crippen molar-refractivity contribution in [1.82, 2.24) is 0 Å². The molecule has 5 atom stereocenters. The Labute approximate surface area is 673 Å². The third-order valence-corrected chi connectivity index (χ3v) is 17.3. The number of carbonyl (C=O) groups excluding carboxylic acids is 10. The molecule has 0 saturated carbocycles. The summed E-state index contributed by atoms with van der Waals surface area (Å²) in [6, 6.07) is 9.24. The molecule has 0 amide bonds. The highest BCUT2D eigenvalue weighted by atomic mass is 16.8. The lowest BCUT2D eigenvalue weighted by Crippen LogP contribution is -2.63. The maximum absolute atomic E-state index is 15.3. The van der Waals surface area contributed by atoms with Crippen LogP contribution >= 0.6 is 0 Å². The van der Waals surface area contributed by atoms with E-state index in [0.29, 0.717) is 121 Å². The Morgan fingerprint density at radius 3 is 0.738 bits per heavy atom. The number of aromatic hydroxyl groups is 25. The molecule has 1 fully saturated rings. The van der Waals surface area contributed by atoms with Gasteiger partial charge in [0.25, 0.3) is 0 Å². The van der Waals surface area contributed by atoms with Crippen molar-refractivity contribution in [2.75, 3.05) is 6.61 Å². The van der Waals surface area contributed by atoms with Gasteiger partial charge in [-0.15, -0.1) is 0 Å². The Bertz CT molecular complexity index is 5970. The number of Topliss-reactive ketones (excluding diaryl/α,β-unsaturated/α-hetero) is 1. The normalized spacial score (nSPS) is 14.7. The summed E-state index contributed by atoms with van der Waals surface area (Å²) in [5.74, 6) is -53.4. The lowest BCUT2D eigenvalue weighted by molar-refractivity contribution is -0.282. The van der Waals surface area contributed by atoms with Crippen LogP contribution in [0.15, 0.2) is 121 Å². The van der Waals surface area contributed by atoms with Gasteiger partial charge < -0.3 is 175 Å². The average Bonchev–Trinajstić information content (AvgIpc) is 0.762. The molecule has 45 heteroatoms. The number of benzene rings is 10. The quantitative estimate of drug-likeness (QED) is 0.0139. The molecule has 1 aliphatic rings. The zero-order valence-electron chi connectivity index (χ0n) is 60.2. The van der Waals surface area contributed by atoms with E-state index in [1.807, 2.05) is 0 Å². The minimum Gasteiger partial charge on any atom is -0.504 e. The topological polar surface area (TPSA) is 769 Å². The van der Waals surface area contributed by atoms with Crippen molar-refractivity contribution in [3.8, 4) is 167 Å². The molecule has 1 unspecified atom stereocenters. The van der Waals surface area contributed by atoms with Crippen LogP contribution in [0.1, 0.15) is 109 Å². The Kier molecular flexibility index (Phi) is 23.3. The number of hydrogen-bond acceptors (Lipinski definition) is 45. The third-order valence-electron chi connectivity index (χ3n) is 17.3. The first kappa shape index (κ1) is 85.0. The minimum atomic E-state index is -3.10. The summed E-state index contributed by atoms with van der Waals surface area (Å²) in [5.41, 5.74) is -10.1. The van der Waals surface area contributed by atoms with E-state index < -0.39 is 331 Å². The van der Waals surface area contributed by atoms with Crippen molar-refractivity contribution in [3.05, 3.63) is 183 Å². The van der Waals surface area contributed by atoms with E-state index in [2.05, 4.69) is 0 Å². The first-order valence-electron chi connectivity index (χ1n) is 33.5. The highest BCUT2D eigenvalue weighted by Gasteiger charge is 2.55. The molecule has 1 saturated heterocycles. The summed E-state index contributed by atoms with van der Waals surface area (Å²) in [4.78, 5) is 143. The van der Waals surface area contributed by atoms with Crippen molar-refractivity contribution in [2.24, 2.45) is 0 Å². The van der Waals surface area contributed by atoms with Gasteiger partial charge in [0.05, 0.1) is 50.1 Å². The molecule has 632 valence electrons. The maximum Gasteiger partial charge on any atom is 0.343 e. The average molecular weight is 1700 g/mol. The van der Waals surface area contributed by atoms with Crippen molar-refractivity contribution in [1.29, 1.82) is 0 Å². The molecule has 122 heavy (non-hydrogen) atoms. The van der Waals surface area contributed by atoms with E-state index >= 15 is 14.4 Å². The summed E-state index contributed by atoms with van der Waals surface area (Å²) in [6.07, 6.45) is -16.0. The molecule has 45 nitrogen and oxygen atoms in total. The van der Waals surface area contributed by atoms with Gasteiger partial charge in [-0.3, -0.25) is 4.79 Å².